The van der Waals surface area contributed by atoms with E-state index in [0.717, 1.165) is 29.6 Å². The molecule has 4 bridgehead atoms. The lowest BCUT2D eigenvalue weighted by Crippen LogP contribution is -2.45. The minimum atomic E-state index is 1.03. The second kappa shape index (κ2) is 5.26. The Morgan fingerprint density at radius 3 is 2.05 bits per heavy atom. The molecule has 0 aromatic heterocycles. The van der Waals surface area contributed by atoms with Gasteiger partial charge >= 0.3 is 0 Å². The zero-order chi connectivity index (χ0) is 12.7. The second-order valence-corrected chi connectivity index (χ2v) is 8.04. The maximum Gasteiger partial charge on any atom is -0.0146 e. The zero-order valence-electron chi connectivity index (χ0n) is 12.4. The minimum Gasteiger partial charge on any atom is -0.0850 e. The van der Waals surface area contributed by atoms with E-state index >= 15 is 0 Å². The highest BCUT2D eigenvalue weighted by Crippen LogP contribution is 2.58. The van der Waals surface area contributed by atoms with Crippen LogP contribution in [-0.2, 0) is 0 Å². The molecule has 5 rings (SSSR count). The SMILES string of the molecule is C1=C(C2C3CC4CC(C3)CC2C4)CCCCCCC1. The Labute approximate surface area is 119 Å². The minimum absolute atomic E-state index is 1.03. The molecule has 0 heterocycles. The molecule has 0 aromatic rings. The molecule has 5 aliphatic rings. The summed E-state index contributed by atoms with van der Waals surface area (Å²) in [7, 11) is 0. The summed E-state index contributed by atoms with van der Waals surface area (Å²) in [4.78, 5) is 0. The first kappa shape index (κ1) is 12.5. The molecule has 0 heteroatoms. The van der Waals surface area contributed by atoms with Gasteiger partial charge in [-0.05, 0) is 87.4 Å². The Bertz CT molecular complexity index is 323. The van der Waals surface area contributed by atoms with Crippen LogP contribution in [0.1, 0.15) is 77.0 Å². The van der Waals surface area contributed by atoms with E-state index < -0.39 is 0 Å². The van der Waals surface area contributed by atoms with Crippen LogP contribution in [0.15, 0.2) is 11.6 Å². The van der Waals surface area contributed by atoms with Crippen LogP contribution in [0, 0.1) is 29.6 Å². The lowest BCUT2D eigenvalue weighted by molar-refractivity contribution is -0.0221. The first-order valence-corrected chi connectivity index (χ1v) is 9.09. The second-order valence-electron chi connectivity index (χ2n) is 8.04. The summed E-state index contributed by atoms with van der Waals surface area (Å²) in [6.45, 7) is 0. The summed E-state index contributed by atoms with van der Waals surface area (Å²) >= 11 is 0. The fourth-order valence-electron chi connectivity index (χ4n) is 6.23. The Morgan fingerprint density at radius 2 is 1.32 bits per heavy atom. The van der Waals surface area contributed by atoms with Crippen molar-refractivity contribution >= 4 is 0 Å². The third-order valence-electron chi connectivity index (χ3n) is 6.73. The largest absolute Gasteiger partial charge is 0.0850 e. The van der Waals surface area contributed by atoms with Crippen LogP contribution in [0.2, 0.25) is 0 Å². The van der Waals surface area contributed by atoms with Gasteiger partial charge in [0.15, 0.2) is 0 Å². The summed E-state index contributed by atoms with van der Waals surface area (Å²) in [5, 5.41) is 0. The van der Waals surface area contributed by atoms with Gasteiger partial charge in [-0.1, -0.05) is 30.9 Å². The molecular formula is C19H30. The van der Waals surface area contributed by atoms with Gasteiger partial charge in [0.05, 0.1) is 0 Å². The number of hydrogen-bond donors (Lipinski definition) is 0. The summed E-state index contributed by atoms with van der Waals surface area (Å²) in [6.07, 6.45) is 20.9. The smallest absolute Gasteiger partial charge is 0.0146 e. The fourth-order valence-corrected chi connectivity index (χ4v) is 6.23. The third kappa shape index (κ3) is 2.41. The van der Waals surface area contributed by atoms with Crippen LogP contribution < -0.4 is 0 Å². The Hall–Kier alpha value is -0.260. The lowest BCUT2D eigenvalue weighted by atomic mass is 9.50. The maximum absolute atomic E-state index is 2.71. The molecule has 5 aliphatic carbocycles. The van der Waals surface area contributed by atoms with E-state index in [1.165, 1.54) is 44.9 Å². The molecule has 0 aliphatic heterocycles. The number of hydrogen-bond acceptors (Lipinski definition) is 0. The lowest BCUT2D eigenvalue weighted by Gasteiger charge is -2.55. The predicted molar refractivity (Wildman–Crippen MR) is 80.9 cm³/mol. The first-order valence-electron chi connectivity index (χ1n) is 9.09. The molecule has 0 spiro atoms. The highest BCUT2D eigenvalue weighted by atomic mass is 14.5. The van der Waals surface area contributed by atoms with Crippen LogP contribution in [0.4, 0.5) is 0 Å². The Balaban J connectivity index is 1.53. The molecule has 0 N–H and O–H groups in total. The molecule has 0 unspecified atom stereocenters. The average Bonchev–Trinajstić information content (AvgIpc) is 2.51. The van der Waals surface area contributed by atoms with E-state index in [1.54, 1.807) is 32.1 Å². The van der Waals surface area contributed by atoms with Gasteiger partial charge in [0.1, 0.15) is 0 Å². The third-order valence-corrected chi connectivity index (χ3v) is 6.73. The molecule has 0 nitrogen and oxygen atoms in total. The van der Waals surface area contributed by atoms with Crippen molar-refractivity contribution in [2.24, 2.45) is 29.6 Å². The van der Waals surface area contributed by atoms with Crippen LogP contribution >= 0.6 is 0 Å². The Morgan fingerprint density at radius 1 is 0.684 bits per heavy atom. The van der Waals surface area contributed by atoms with Crippen molar-refractivity contribution in [1.82, 2.24) is 0 Å². The quantitative estimate of drug-likeness (QED) is 0.527. The van der Waals surface area contributed by atoms with Crippen molar-refractivity contribution in [2.45, 2.75) is 77.0 Å². The molecule has 0 radical (unpaired) electrons. The van der Waals surface area contributed by atoms with Gasteiger partial charge in [0.25, 0.3) is 0 Å². The number of rotatable bonds is 1. The highest BCUT2D eigenvalue weighted by Gasteiger charge is 2.48. The highest BCUT2D eigenvalue weighted by molar-refractivity contribution is 5.15. The standard InChI is InChI=1S/C19H30/c1-2-4-6-8-16(7-5-3-1)19-17-10-14-9-15(12-17)13-18(19)11-14/h7,14-15,17-19H,1-6,8-13H2. The molecule has 0 saturated heterocycles. The van der Waals surface area contributed by atoms with Crippen molar-refractivity contribution in [3.63, 3.8) is 0 Å². The van der Waals surface area contributed by atoms with Crippen LogP contribution in [0.5, 0.6) is 0 Å². The molecular weight excluding hydrogens is 228 g/mol. The van der Waals surface area contributed by atoms with Gasteiger partial charge in [-0.15, -0.1) is 0 Å². The van der Waals surface area contributed by atoms with Crippen LogP contribution in [0.25, 0.3) is 0 Å². The number of allylic oxidation sites excluding steroid dienone is 2. The topological polar surface area (TPSA) is 0 Å². The molecule has 4 fully saturated rings. The fraction of sp³-hybridized carbons (Fsp3) is 0.895. The molecule has 0 atom stereocenters. The van der Waals surface area contributed by atoms with E-state index in [0.29, 0.717) is 0 Å². The van der Waals surface area contributed by atoms with Crippen molar-refractivity contribution in [2.75, 3.05) is 0 Å². The molecule has 19 heavy (non-hydrogen) atoms. The van der Waals surface area contributed by atoms with Gasteiger partial charge < -0.3 is 0 Å². The van der Waals surface area contributed by atoms with Crippen LogP contribution in [-0.4, -0.2) is 0 Å². The van der Waals surface area contributed by atoms with Crippen LogP contribution in [0.3, 0.4) is 0 Å². The van der Waals surface area contributed by atoms with Gasteiger partial charge in [-0.25, -0.2) is 0 Å². The molecule has 0 aromatic carbocycles. The molecule has 106 valence electrons. The normalized spacial score (nSPS) is 46.3. The molecule has 0 amide bonds. The van der Waals surface area contributed by atoms with Crippen molar-refractivity contribution in [1.29, 1.82) is 0 Å². The molecule has 4 saturated carbocycles. The van der Waals surface area contributed by atoms with E-state index in [2.05, 4.69) is 6.08 Å². The summed E-state index contributed by atoms with van der Waals surface area (Å²) < 4.78 is 0. The van der Waals surface area contributed by atoms with E-state index in [4.69, 9.17) is 0 Å². The van der Waals surface area contributed by atoms with Crippen molar-refractivity contribution < 1.29 is 0 Å². The van der Waals surface area contributed by atoms with Gasteiger partial charge in [0.2, 0.25) is 0 Å². The van der Waals surface area contributed by atoms with Crippen molar-refractivity contribution in [3.05, 3.63) is 11.6 Å². The van der Waals surface area contributed by atoms with Gasteiger partial charge in [-0.2, -0.15) is 0 Å². The maximum atomic E-state index is 2.71. The predicted octanol–water partition coefficient (Wildman–Crippen LogP) is 5.73. The summed E-state index contributed by atoms with van der Waals surface area (Å²) in [6, 6.07) is 0. The first-order chi connectivity index (χ1) is 9.40. The van der Waals surface area contributed by atoms with E-state index in [1.807, 2.05) is 5.57 Å². The van der Waals surface area contributed by atoms with E-state index in [9.17, 15) is 0 Å². The van der Waals surface area contributed by atoms with Gasteiger partial charge in [-0.3, -0.25) is 0 Å². The summed E-state index contributed by atoms with van der Waals surface area (Å²) in [5.41, 5.74) is 1.93. The summed E-state index contributed by atoms with van der Waals surface area (Å²) in [5.74, 6) is 5.50. The van der Waals surface area contributed by atoms with Gasteiger partial charge in [0, 0.05) is 0 Å². The average molecular weight is 258 g/mol. The van der Waals surface area contributed by atoms with Crippen molar-refractivity contribution in [3.8, 4) is 0 Å². The Kier molecular flexibility index (Phi) is 3.46. The zero-order valence-corrected chi connectivity index (χ0v) is 12.4. The van der Waals surface area contributed by atoms with E-state index in [-0.39, 0.29) is 0 Å². The monoisotopic (exact) mass is 258 g/mol.